The van der Waals surface area contributed by atoms with Gasteiger partial charge in [0.05, 0.1) is 17.7 Å². The maximum absolute atomic E-state index is 12.6. The fraction of sp³-hybridized carbons (Fsp3) is 0.167. The lowest BCUT2D eigenvalue weighted by Crippen LogP contribution is -2.38. The first-order valence-electron chi connectivity index (χ1n) is 9.55. The fourth-order valence-electron chi connectivity index (χ4n) is 3.72. The monoisotopic (exact) mass is 403 g/mol. The Morgan fingerprint density at radius 1 is 1.00 bits per heavy atom. The molecule has 0 spiro atoms. The minimum absolute atomic E-state index is 0.110. The Bertz CT molecular complexity index is 1020. The summed E-state index contributed by atoms with van der Waals surface area (Å²) in [5, 5.41) is 10.2. The van der Waals surface area contributed by atoms with Gasteiger partial charge in [0, 0.05) is 10.7 Å². The number of rotatable bonds is 5. The number of nitrogens with one attached hydrogen (secondary N) is 1. The van der Waals surface area contributed by atoms with Crippen LogP contribution in [0.15, 0.2) is 90.0 Å². The van der Waals surface area contributed by atoms with Crippen molar-refractivity contribution in [1.29, 1.82) is 0 Å². The van der Waals surface area contributed by atoms with Gasteiger partial charge in [0.25, 0.3) is 0 Å². The van der Waals surface area contributed by atoms with Gasteiger partial charge in [-0.15, -0.1) is 0 Å². The Labute approximate surface area is 175 Å². The minimum atomic E-state index is -0.302. The summed E-state index contributed by atoms with van der Waals surface area (Å²) in [6.45, 7) is 3.00. The van der Waals surface area contributed by atoms with E-state index >= 15 is 0 Å². The van der Waals surface area contributed by atoms with Crippen LogP contribution in [0.5, 0.6) is 0 Å². The van der Waals surface area contributed by atoms with Gasteiger partial charge in [0.2, 0.25) is 5.91 Å². The summed E-state index contributed by atoms with van der Waals surface area (Å²) in [5.74, 6) is -0.110. The molecule has 0 aromatic heterocycles. The lowest BCUT2D eigenvalue weighted by atomic mass is 9.76. The number of anilines is 1. The van der Waals surface area contributed by atoms with E-state index in [9.17, 15) is 4.79 Å². The zero-order valence-electron chi connectivity index (χ0n) is 16.2. The van der Waals surface area contributed by atoms with Crippen molar-refractivity contribution in [3.8, 4) is 0 Å². The number of carbonyl (C=O) groups is 1. The molecule has 1 heterocycles. The molecule has 1 unspecified atom stereocenters. The van der Waals surface area contributed by atoms with E-state index in [1.165, 1.54) is 5.56 Å². The van der Waals surface area contributed by atoms with E-state index in [2.05, 4.69) is 36.5 Å². The summed E-state index contributed by atoms with van der Waals surface area (Å²) in [4.78, 5) is 12.6. The van der Waals surface area contributed by atoms with Crippen LogP contribution in [0.1, 0.15) is 18.1 Å². The molecule has 3 aromatic rings. The molecule has 0 radical (unpaired) electrons. The Balaban J connectivity index is 1.58. The molecule has 29 heavy (non-hydrogen) atoms. The standard InChI is InChI=1S/C24H22ClN3O/c1-24(19-10-6-3-7-11-19)17-28(27-23(24)18-8-4-2-5-9-18)16-22(29)26-21-14-12-20(25)13-15-21/h2-15H,16-17H2,1H3,(H,26,29). The van der Waals surface area contributed by atoms with Crippen molar-refractivity contribution in [3.63, 3.8) is 0 Å². The van der Waals surface area contributed by atoms with Gasteiger partial charge in [-0.1, -0.05) is 72.3 Å². The van der Waals surface area contributed by atoms with E-state index in [1.54, 1.807) is 24.3 Å². The zero-order chi connectivity index (χ0) is 20.3. The average molecular weight is 404 g/mol. The molecule has 1 aliphatic rings. The third-order valence-electron chi connectivity index (χ3n) is 5.18. The first-order valence-corrected chi connectivity index (χ1v) is 9.93. The molecule has 3 aromatic carbocycles. The molecule has 4 rings (SSSR count). The number of carbonyl (C=O) groups excluding carboxylic acids is 1. The minimum Gasteiger partial charge on any atom is -0.324 e. The van der Waals surface area contributed by atoms with Gasteiger partial charge in [0.1, 0.15) is 6.54 Å². The molecular formula is C24H22ClN3O. The maximum atomic E-state index is 12.6. The molecule has 1 N–H and O–H groups in total. The first-order chi connectivity index (χ1) is 14.0. The van der Waals surface area contributed by atoms with Gasteiger partial charge in [-0.05, 0) is 42.3 Å². The number of hydrogen-bond donors (Lipinski definition) is 1. The van der Waals surface area contributed by atoms with Crippen molar-refractivity contribution in [3.05, 3.63) is 101 Å². The average Bonchev–Trinajstić information content (AvgIpc) is 3.08. The van der Waals surface area contributed by atoms with Gasteiger partial charge < -0.3 is 5.32 Å². The quantitative estimate of drug-likeness (QED) is 0.654. The molecule has 0 saturated carbocycles. The maximum Gasteiger partial charge on any atom is 0.245 e. The summed E-state index contributed by atoms with van der Waals surface area (Å²) in [6.07, 6.45) is 0. The van der Waals surface area contributed by atoms with Crippen LogP contribution in [0, 0.1) is 0 Å². The molecular weight excluding hydrogens is 382 g/mol. The van der Waals surface area contributed by atoms with E-state index in [-0.39, 0.29) is 17.9 Å². The van der Waals surface area contributed by atoms with E-state index in [1.807, 2.05) is 41.4 Å². The Kier molecular flexibility index (Phi) is 5.36. The van der Waals surface area contributed by atoms with Crippen molar-refractivity contribution >= 4 is 28.9 Å². The van der Waals surface area contributed by atoms with E-state index in [0.29, 0.717) is 11.6 Å². The third kappa shape index (κ3) is 4.17. The van der Waals surface area contributed by atoms with Crippen molar-refractivity contribution < 1.29 is 4.79 Å². The Morgan fingerprint density at radius 3 is 2.28 bits per heavy atom. The summed E-state index contributed by atoms with van der Waals surface area (Å²) in [5.41, 5.74) is 3.64. The van der Waals surface area contributed by atoms with Crippen LogP contribution in [-0.2, 0) is 10.2 Å². The largest absolute Gasteiger partial charge is 0.324 e. The van der Waals surface area contributed by atoms with Gasteiger partial charge >= 0.3 is 0 Å². The number of nitrogens with zero attached hydrogens (tertiary/aromatic N) is 2. The van der Waals surface area contributed by atoms with Crippen LogP contribution in [0.4, 0.5) is 5.69 Å². The van der Waals surface area contributed by atoms with E-state index in [0.717, 1.165) is 17.0 Å². The van der Waals surface area contributed by atoms with Gasteiger partial charge in [-0.3, -0.25) is 9.80 Å². The number of amides is 1. The molecule has 1 aliphatic heterocycles. The third-order valence-corrected chi connectivity index (χ3v) is 5.43. The van der Waals surface area contributed by atoms with Crippen LogP contribution >= 0.6 is 11.6 Å². The second kappa shape index (κ2) is 8.10. The molecule has 146 valence electrons. The summed E-state index contributed by atoms with van der Waals surface area (Å²) in [7, 11) is 0. The highest BCUT2D eigenvalue weighted by Crippen LogP contribution is 2.34. The smallest absolute Gasteiger partial charge is 0.245 e. The number of hydrazone groups is 1. The van der Waals surface area contributed by atoms with Gasteiger partial charge in [0.15, 0.2) is 0 Å². The van der Waals surface area contributed by atoms with E-state index in [4.69, 9.17) is 16.7 Å². The van der Waals surface area contributed by atoms with Crippen molar-refractivity contribution in [2.45, 2.75) is 12.3 Å². The highest BCUT2D eigenvalue weighted by atomic mass is 35.5. The molecule has 0 saturated heterocycles. The first kappa shape index (κ1) is 19.2. The van der Waals surface area contributed by atoms with Crippen molar-refractivity contribution in [2.75, 3.05) is 18.4 Å². The predicted molar refractivity (Wildman–Crippen MR) is 118 cm³/mol. The van der Waals surface area contributed by atoms with Crippen LogP contribution < -0.4 is 5.32 Å². The second-order valence-corrected chi connectivity index (χ2v) is 7.83. The lowest BCUT2D eigenvalue weighted by molar-refractivity contribution is -0.117. The number of hydrogen-bond acceptors (Lipinski definition) is 3. The van der Waals surface area contributed by atoms with Crippen LogP contribution in [0.3, 0.4) is 0 Å². The Hall–Kier alpha value is -3.11. The summed E-state index contributed by atoms with van der Waals surface area (Å²) in [6, 6.07) is 27.6. The number of halogens is 1. The lowest BCUT2D eigenvalue weighted by Gasteiger charge is -2.27. The molecule has 0 aliphatic carbocycles. The van der Waals surface area contributed by atoms with Crippen molar-refractivity contribution in [1.82, 2.24) is 5.01 Å². The fourth-order valence-corrected chi connectivity index (χ4v) is 3.85. The molecule has 5 heteroatoms. The highest BCUT2D eigenvalue weighted by Gasteiger charge is 2.41. The van der Waals surface area contributed by atoms with E-state index < -0.39 is 0 Å². The van der Waals surface area contributed by atoms with Crippen LogP contribution in [0.25, 0.3) is 0 Å². The predicted octanol–water partition coefficient (Wildman–Crippen LogP) is 4.96. The molecule has 1 atom stereocenters. The van der Waals surface area contributed by atoms with Crippen molar-refractivity contribution in [2.24, 2.45) is 5.10 Å². The topological polar surface area (TPSA) is 44.7 Å². The second-order valence-electron chi connectivity index (χ2n) is 7.39. The molecule has 0 bridgehead atoms. The van der Waals surface area contributed by atoms with Crippen LogP contribution in [0.2, 0.25) is 5.02 Å². The zero-order valence-corrected chi connectivity index (χ0v) is 16.9. The SMILES string of the molecule is CC1(c2ccccc2)CN(CC(=O)Nc2ccc(Cl)cc2)N=C1c1ccccc1. The van der Waals surface area contributed by atoms with Gasteiger partial charge in [-0.25, -0.2) is 0 Å². The molecule has 4 nitrogen and oxygen atoms in total. The van der Waals surface area contributed by atoms with Gasteiger partial charge in [-0.2, -0.15) is 5.10 Å². The normalized spacial score (nSPS) is 18.4. The number of benzene rings is 3. The molecule has 0 fully saturated rings. The molecule has 1 amide bonds. The summed E-state index contributed by atoms with van der Waals surface area (Å²) >= 11 is 5.91. The highest BCUT2D eigenvalue weighted by molar-refractivity contribution is 6.30. The van der Waals surface area contributed by atoms with Crippen LogP contribution in [-0.4, -0.2) is 29.7 Å². The summed E-state index contributed by atoms with van der Waals surface area (Å²) < 4.78 is 0. The Morgan fingerprint density at radius 2 is 1.62 bits per heavy atom.